The summed E-state index contributed by atoms with van der Waals surface area (Å²) in [6, 6.07) is 4.20. The number of carboxylic acid groups (broad SMARTS) is 1. The van der Waals surface area contributed by atoms with Crippen molar-refractivity contribution in [2.45, 2.75) is 25.0 Å². The molecule has 1 aromatic rings. The monoisotopic (exact) mass is 298 g/mol. The number of carbonyl (C=O) groups is 2. The second-order valence-electron chi connectivity index (χ2n) is 4.54. The Morgan fingerprint density at radius 1 is 1.45 bits per heavy atom. The predicted octanol–water partition coefficient (Wildman–Crippen LogP) is 1.48. The molecule has 1 saturated heterocycles. The Hall–Kier alpha value is -1.63. The third-order valence-corrected chi connectivity index (χ3v) is 3.37. The van der Waals surface area contributed by atoms with Gasteiger partial charge in [-0.3, -0.25) is 4.79 Å². The summed E-state index contributed by atoms with van der Waals surface area (Å²) in [6.07, 6.45) is 0.556. The van der Waals surface area contributed by atoms with Gasteiger partial charge in [0.1, 0.15) is 6.10 Å². The Bertz CT molecular complexity index is 535. The van der Waals surface area contributed by atoms with Crippen molar-refractivity contribution in [2.24, 2.45) is 5.73 Å². The number of carboxylic acids is 1. The first kappa shape index (κ1) is 14.8. The zero-order chi connectivity index (χ0) is 14.7. The summed E-state index contributed by atoms with van der Waals surface area (Å²) in [6.45, 7) is 0.362. The molecule has 2 atom stereocenters. The van der Waals surface area contributed by atoms with Gasteiger partial charge in [0.15, 0.2) is 0 Å². The van der Waals surface area contributed by atoms with Crippen LogP contribution in [0.4, 0.5) is 5.69 Å². The number of benzene rings is 1. The van der Waals surface area contributed by atoms with Gasteiger partial charge in [-0.1, -0.05) is 11.6 Å². The fourth-order valence-electron chi connectivity index (χ4n) is 2.09. The summed E-state index contributed by atoms with van der Waals surface area (Å²) in [4.78, 5) is 23.1. The highest BCUT2D eigenvalue weighted by Crippen LogP contribution is 2.24. The molecule has 0 radical (unpaired) electrons. The first-order valence-corrected chi connectivity index (χ1v) is 6.58. The highest BCUT2D eigenvalue weighted by atomic mass is 35.5. The largest absolute Gasteiger partial charge is 0.478 e. The highest BCUT2D eigenvalue weighted by Gasteiger charge is 2.30. The topological polar surface area (TPSA) is 102 Å². The number of nitrogens with one attached hydrogen (secondary N) is 1. The van der Waals surface area contributed by atoms with Crippen molar-refractivity contribution in [1.29, 1.82) is 0 Å². The normalized spacial score (nSPS) is 21.7. The molecule has 0 bridgehead atoms. The Morgan fingerprint density at radius 2 is 2.20 bits per heavy atom. The SMILES string of the molecule is NCC1CCC(C(=O)Nc2cc(Cl)ccc2C(=O)O)O1. The minimum atomic E-state index is -1.14. The van der Waals surface area contributed by atoms with Crippen molar-refractivity contribution in [1.82, 2.24) is 0 Å². The molecule has 7 heteroatoms. The van der Waals surface area contributed by atoms with E-state index in [-0.39, 0.29) is 23.3 Å². The molecule has 1 amide bonds. The quantitative estimate of drug-likeness (QED) is 0.781. The Morgan fingerprint density at radius 3 is 2.80 bits per heavy atom. The van der Waals surface area contributed by atoms with Gasteiger partial charge in [-0.2, -0.15) is 0 Å². The maximum atomic E-state index is 12.0. The first-order valence-electron chi connectivity index (χ1n) is 6.20. The summed E-state index contributed by atoms with van der Waals surface area (Å²) in [5.41, 5.74) is 5.62. The van der Waals surface area contributed by atoms with Crippen LogP contribution in [0, 0.1) is 0 Å². The van der Waals surface area contributed by atoms with E-state index in [1.807, 2.05) is 0 Å². The molecule has 6 nitrogen and oxygen atoms in total. The molecule has 20 heavy (non-hydrogen) atoms. The minimum absolute atomic E-state index is 0.0175. The smallest absolute Gasteiger partial charge is 0.337 e. The van der Waals surface area contributed by atoms with Crippen LogP contribution in [-0.2, 0) is 9.53 Å². The summed E-state index contributed by atoms with van der Waals surface area (Å²) in [5.74, 6) is -1.52. The standard InChI is InChI=1S/C13H15ClN2O4/c14-7-1-3-9(13(18)19)10(5-7)16-12(17)11-4-2-8(6-15)20-11/h1,3,5,8,11H,2,4,6,15H2,(H,16,17)(H,18,19). The molecule has 1 fully saturated rings. The van der Waals surface area contributed by atoms with E-state index in [1.165, 1.54) is 18.2 Å². The lowest BCUT2D eigenvalue weighted by Gasteiger charge is -2.14. The maximum absolute atomic E-state index is 12.0. The number of hydrogen-bond acceptors (Lipinski definition) is 4. The number of rotatable bonds is 4. The fourth-order valence-corrected chi connectivity index (χ4v) is 2.26. The van der Waals surface area contributed by atoms with Gasteiger partial charge in [-0.05, 0) is 31.0 Å². The molecule has 2 unspecified atom stereocenters. The summed E-state index contributed by atoms with van der Waals surface area (Å²) in [5, 5.41) is 12.0. The van der Waals surface area contributed by atoms with E-state index in [0.717, 1.165) is 6.42 Å². The van der Waals surface area contributed by atoms with E-state index < -0.39 is 12.1 Å². The minimum Gasteiger partial charge on any atom is -0.478 e. The van der Waals surface area contributed by atoms with Crippen LogP contribution >= 0.6 is 11.6 Å². The zero-order valence-electron chi connectivity index (χ0n) is 10.6. The van der Waals surface area contributed by atoms with E-state index in [2.05, 4.69) is 5.32 Å². The van der Waals surface area contributed by atoms with Crippen molar-refractivity contribution >= 4 is 29.2 Å². The van der Waals surface area contributed by atoms with Gasteiger partial charge < -0.3 is 20.9 Å². The maximum Gasteiger partial charge on any atom is 0.337 e. The average molecular weight is 299 g/mol. The molecule has 108 valence electrons. The molecule has 4 N–H and O–H groups in total. The van der Waals surface area contributed by atoms with E-state index in [0.29, 0.717) is 18.0 Å². The number of carbonyl (C=O) groups excluding carboxylic acids is 1. The van der Waals surface area contributed by atoms with Crippen LogP contribution in [0.15, 0.2) is 18.2 Å². The second-order valence-corrected chi connectivity index (χ2v) is 4.98. The van der Waals surface area contributed by atoms with Crippen molar-refractivity contribution in [3.05, 3.63) is 28.8 Å². The molecule has 1 aliphatic heterocycles. The number of ether oxygens (including phenoxy) is 1. The van der Waals surface area contributed by atoms with Crippen LogP contribution in [0.5, 0.6) is 0 Å². The molecule has 0 saturated carbocycles. The number of amides is 1. The number of halogens is 1. The molecule has 0 aliphatic carbocycles. The third-order valence-electron chi connectivity index (χ3n) is 3.13. The summed E-state index contributed by atoms with van der Waals surface area (Å²) in [7, 11) is 0. The molecular weight excluding hydrogens is 284 g/mol. The van der Waals surface area contributed by atoms with Gasteiger partial charge in [0.2, 0.25) is 0 Å². The lowest BCUT2D eigenvalue weighted by Crippen LogP contribution is -2.30. The lowest BCUT2D eigenvalue weighted by molar-refractivity contribution is -0.126. The van der Waals surface area contributed by atoms with Gasteiger partial charge in [-0.25, -0.2) is 4.79 Å². The Balaban J connectivity index is 2.11. The number of aromatic carboxylic acids is 1. The van der Waals surface area contributed by atoms with Gasteiger partial charge >= 0.3 is 5.97 Å². The predicted molar refractivity (Wildman–Crippen MR) is 74.0 cm³/mol. The zero-order valence-corrected chi connectivity index (χ0v) is 11.4. The molecule has 1 aliphatic rings. The number of hydrogen-bond donors (Lipinski definition) is 3. The molecular formula is C13H15ClN2O4. The van der Waals surface area contributed by atoms with Crippen LogP contribution < -0.4 is 11.1 Å². The second kappa shape index (κ2) is 6.21. The van der Waals surface area contributed by atoms with Gasteiger partial charge in [0, 0.05) is 11.6 Å². The molecule has 0 aromatic heterocycles. The van der Waals surface area contributed by atoms with E-state index in [9.17, 15) is 9.59 Å². The average Bonchev–Trinajstić information content (AvgIpc) is 2.87. The van der Waals surface area contributed by atoms with Crippen LogP contribution in [-0.4, -0.2) is 35.7 Å². The molecule has 1 aromatic carbocycles. The lowest BCUT2D eigenvalue weighted by atomic mass is 10.1. The number of nitrogens with two attached hydrogens (primary N) is 1. The van der Waals surface area contributed by atoms with Crippen molar-refractivity contribution in [3.63, 3.8) is 0 Å². The van der Waals surface area contributed by atoms with Crippen LogP contribution in [0.1, 0.15) is 23.2 Å². The highest BCUT2D eigenvalue weighted by molar-refractivity contribution is 6.31. The van der Waals surface area contributed by atoms with Crippen molar-refractivity contribution in [3.8, 4) is 0 Å². The third kappa shape index (κ3) is 3.27. The molecule has 2 rings (SSSR count). The van der Waals surface area contributed by atoms with Crippen LogP contribution in [0.2, 0.25) is 5.02 Å². The van der Waals surface area contributed by atoms with Gasteiger partial charge in [-0.15, -0.1) is 0 Å². The molecule has 1 heterocycles. The van der Waals surface area contributed by atoms with Gasteiger partial charge in [0.25, 0.3) is 5.91 Å². The van der Waals surface area contributed by atoms with Crippen molar-refractivity contribution in [2.75, 3.05) is 11.9 Å². The number of anilines is 1. The Kier molecular flexibility index (Phi) is 4.59. The van der Waals surface area contributed by atoms with E-state index in [1.54, 1.807) is 0 Å². The van der Waals surface area contributed by atoms with E-state index in [4.69, 9.17) is 27.2 Å². The summed E-state index contributed by atoms with van der Waals surface area (Å²) >= 11 is 5.82. The van der Waals surface area contributed by atoms with Gasteiger partial charge in [0.05, 0.1) is 17.4 Å². The Labute approximate surface area is 120 Å². The first-order chi connectivity index (χ1) is 9.51. The van der Waals surface area contributed by atoms with Crippen LogP contribution in [0.25, 0.3) is 0 Å². The summed E-state index contributed by atoms with van der Waals surface area (Å²) < 4.78 is 5.46. The van der Waals surface area contributed by atoms with Crippen molar-refractivity contribution < 1.29 is 19.4 Å². The van der Waals surface area contributed by atoms with Crippen LogP contribution in [0.3, 0.4) is 0 Å². The molecule has 0 spiro atoms. The fraction of sp³-hybridized carbons (Fsp3) is 0.385. The van der Waals surface area contributed by atoms with E-state index >= 15 is 0 Å².